The number of halogens is 2. The van der Waals surface area contributed by atoms with E-state index in [1.165, 1.54) is 25.1 Å². The van der Waals surface area contributed by atoms with Crippen molar-refractivity contribution in [1.29, 1.82) is 0 Å². The summed E-state index contributed by atoms with van der Waals surface area (Å²) in [6, 6.07) is 4.25. The van der Waals surface area contributed by atoms with Crippen LogP contribution >= 0.6 is 11.6 Å². The van der Waals surface area contributed by atoms with E-state index in [1.807, 2.05) is 0 Å². The molecule has 16 heavy (non-hydrogen) atoms. The Bertz CT molecular complexity index is 391. The first-order valence-corrected chi connectivity index (χ1v) is 5.15. The molecule has 1 rings (SSSR count). The second-order valence-corrected chi connectivity index (χ2v) is 4.35. The summed E-state index contributed by atoms with van der Waals surface area (Å²) < 4.78 is 13.5. The lowest BCUT2D eigenvalue weighted by atomic mass is 9.83. The molecule has 0 aliphatic rings. The lowest BCUT2D eigenvalue weighted by Crippen LogP contribution is -2.38. The molecule has 0 spiro atoms. The number of hydrogen-bond donors (Lipinski definition) is 2. The zero-order valence-corrected chi connectivity index (χ0v) is 9.59. The van der Waals surface area contributed by atoms with E-state index in [2.05, 4.69) is 0 Å². The molecule has 0 saturated carbocycles. The fourth-order valence-corrected chi connectivity index (χ4v) is 1.56. The summed E-state index contributed by atoms with van der Waals surface area (Å²) in [6.45, 7) is 1.39. The van der Waals surface area contributed by atoms with Crippen LogP contribution in [0.15, 0.2) is 18.2 Å². The number of aliphatic carboxylic acids is 1. The van der Waals surface area contributed by atoms with Crippen LogP contribution in [0.4, 0.5) is 4.39 Å². The van der Waals surface area contributed by atoms with Gasteiger partial charge in [-0.15, -0.1) is 0 Å². The van der Waals surface area contributed by atoms with Crippen LogP contribution in [0.25, 0.3) is 0 Å². The standard InChI is InChI=1S/C11H13ClFNO2/c1-11(6-14,10(15)16)5-7-8(12)3-2-4-9(7)13/h2-4H,5-6,14H2,1H3,(H,15,16)/t11-/m1/s1. The van der Waals surface area contributed by atoms with E-state index >= 15 is 0 Å². The van der Waals surface area contributed by atoms with Crippen LogP contribution in [0.3, 0.4) is 0 Å². The summed E-state index contributed by atoms with van der Waals surface area (Å²) in [5.74, 6) is -1.57. The molecule has 0 amide bonds. The number of carbonyl (C=O) groups is 1. The van der Waals surface area contributed by atoms with Crippen molar-refractivity contribution in [2.75, 3.05) is 6.54 Å². The van der Waals surface area contributed by atoms with Gasteiger partial charge in [0.15, 0.2) is 0 Å². The van der Waals surface area contributed by atoms with Crippen molar-refractivity contribution in [3.8, 4) is 0 Å². The molecule has 0 unspecified atom stereocenters. The highest BCUT2D eigenvalue weighted by Gasteiger charge is 2.33. The highest BCUT2D eigenvalue weighted by molar-refractivity contribution is 6.31. The van der Waals surface area contributed by atoms with Gasteiger partial charge in [-0.05, 0) is 25.5 Å². The minimum Gasteiger partial charge on any atom is -0.481 e. The Balaban J connectivity index is 3.08. The first-order valence-electron chi connectivity index (χ1n) is 4.77. The van der Waals surface area contributed by atoms with E-state index in [-0.39, 0.29) is 23.6 Å². The first kappa shape index (κ1) is 12.9. The number of rotatable bonds is 4. The van der Waals surface area contributed by atoms with Crippen molar-refractivity contribution in [3.63, 3.8) is 0 Å². The number of carboxylic acid groups (broad SMARTS) is 1. The third-order valence-corrected chi connectivity index (χ3v) is 2.95. The van der Waals surface area contributed by atoms with Gasteiger partial charge in [0.2, 0.25) is 0 Å². The number of carboxylic acids is 1. The molecule has 0 aliphatic carbocycles. The van der Waals surface area contributed by atoms with Crippen molar-refractivity contribution in [1.82, 2.24) is 0 Å². The Morgan fingerprint density at radius 1 is 1.62 bits per heavy atom. The average molecular weight is 246 g/mol. The fraction of sp³-hybridized carbons (Fsp3) is 0.364. The topological polar surface area (TPSA) is 63.3 Å². The van der Waals surface area contributed by atoms with Gasteiger partial charge in [0, 0.05) is 17.1 Å². The molecule has 0 fully saturated rings. The van der Waals surface area contributed by atoms with Gasteiger partial charge in [-0.25, -0.2) is 4.39 Å². The van der Waals surface area contributed by atoms with E-state index in [1.54, 1.807) is 0 Å². The first-order chi connectivity index (χ1) is 7.40. The van der Waals surface area contributed by atoms with Crippen LogP contribution < -0.4 is 5.73 Å². The van der Waals surface area contributed by atoms with Gasteiger partial charge in [0.1, 0.15) is 5.82 Å². The van der Waals surface area contributed by atoms with Crippen molar-refractivity contribution in [2.24, 2.45) is 11.1 Å². The molecule has 88 valence electrons. The van der Waals surface area contributed by atoms with Crippen LogP contribution in [-0.2, 0) is 11.2 Å². The predicted octanol–water partition coefficient (Wildman–Crippen LogP) is 2.07. The molecule has 0 heterocycles. The lowest BCUT2D eigenvalue weighted by molar-refractivity contribution is -0.147. The smallest absolute Gasteiger partial charge is 0.310 e. The molecule has 1 atom stereocenters. The molecule has 1 aromatic carbocycles. The molecule has 0 radical (unpaired) electrons. The summed E-state index contributed by atoms with van der Waals surface area (Å²) in [6.07, 6.45) is -0.0235. The van der Waals surface area contributed by atoms with Gasteiger partial charge in [-0.1, -0.05) is 17.7 Å². The van der Waals surface area contributed by atoms with Gasteiger partial charge < -0.3 is 10.8 Å². The summed E-state index contributed by atoms with van der Waals surface area (Å²) >= 11 is 5.82. The van der Waals surface area contributed by atoms with Crippen LogP contribution in [0, 0.1) is 11.2 Å². The monoisotopic (exact) mass is 245 g/mol. The van der Waals surface area contributed by atoms with E-state index in [0.29, 0.717) is 0 Å². The Hall–Kier alpha value is -1.13. The SMILES string of the molecule is C[C@](CN)(Cc1c(F)cccc1Cl)C(=O)O. The summed E-state index contributed by atoms with van der Waals surface area (Å²) in [5.41, 5.74) is 4.40. The van der Waals surface area contributed by atoms with Crippen molar-refractivity contribution < 1.29 is 14.3 Å². The quantitative estimate of drug-likeness (QED) is 0.854. The lowest BCUT2D eigenvalue weighted by Gasteiger charge is -2.23. The third kappa shape index (κ3) is 2.51. The molecular weight excluding hydrogens is 233 g/mol. The van der Waals surface area contributed by atoms with Crippen molar-refractivity contribution >= 4 is 17.6 Å². The van der Waals surface area contributed by atoms with Crippen LogP contribution in [0.1, 0.15) is 12.5 Å². The van der Waals surface area contributed by atoms with Gasteiger partial charge in [0.25, 0.3) is 0 Å². The van der Waals surface area contributed by atoms with E-state index in [0.717, 1.165) is 0 Å². The Labute approximate surface area is 98.0 Å². The third-order valence-electron chi connectivity index (χ3n) is 2.60. The number of nitrogens with two attached hydrogens (primary N) is 1. The summed E-state index contributed by atoms with van der Waals surface area (Å²) in [5, 5.41) is 9.25. The van der Waals surface area contributed by atoms with Gasteiger partial charge in [0.05, 0.1) is 5.41 Å². The molecule has 1 aromatic rings. The van der Waals surface area contributed by atoms with E-state index in [4.69, 9.17) is 22.4 Å². The number of benzene rings is 1. The summed E-state index contributed by atoms with van der Waals surface area (Å²) in [4.78, 5) is 11.0. The maximum Gasteiger partial charge on any atom is 0.310 e. The second kappa shape index (κ2) is 4.80. The van der Waals surface area contributed by atoms with Crippen LogP contribution in [-0.4, -0.2) is 17.6 Å². The fourth-order valence-electron chi connectivity index (χ4n) is 1.33. The Morgan fingerprint density at radius 2 is 2.25 bits per heavy atom. The average Bonchev–Trinajstić information content (AvgIpc) is 2.23. The largest absolute Gasteiger partial charge is 0.481 e. The van der Waals surface area contributed by atoms with E-state index in [9.17, 15) is 9.18 Å². The molecule has 0 aliphatic heterocycles. The van der Waals surface area contributed by atoms with E-state index < -0.39 is 17.2 Å². The minimum atomic E-state index is -1.20. The van der Waals surface area contributed by atoms with Crippen molar-refractivity contribution in [2.45, 2.75) is 13.3 Å². The predicted molar refractivity (Wildman–Crippen MR) is 59.9 cm³/mol. The molecular formula is C11H13ClFNO2. The zero-order valence-electron chi connectivity index (χ0n) is 8.84. The highest BCUT2D eigenvalue weighted by Crippen LogP contribution is 2.28. The maximum atomic E-state index is 13.5. The van der Waals surface area contributed by atoms with Crippen LogP contribution in [0.2, 0.25) is 5.02 Å². The Morgan fingerprint density at radius 3 is 2.69 bits per heavy atom. The molecule has 3 N–H and O–H groups in total. The molecule has 0 saturated heterocycles. The molecule has 3 nitrogen and oxygen atoms in total. The maximum absolute atomic E-state index is 13.5. The Kier molecular flexibility index (Phi) is 3.88. The highest BCUT2D eigenvalue weighted by atomic mass is 35.5. The van der Waals surface area contributed by atoms with Gasteiger partial charge in [-0.3, -0.25) is 4.79 Å². The zero-order chi connectivity index (χ0) is 12.3. The molecule has 0 aromatic heterocycles. The number of hydrogen-bond acceptors (Lipinski definition) is 2. The van der Waals surface area contributed by atoms with Gasteiger partial charge in [-0.2, -0.15) is 0 Å². The van der Waals surface area contributed by atoms with Crippen molar-refractivity contribution in [3.05, 3.63) is 34.6 Å². The minimum absolute atomic E-state index is 0.0235. The normalized spacial score (nSPS) is 14.5. The second-order valence-electron chi connectivity index (χ2n) is 3.95. The van der Waals surface area contributed by atoms with Gasteiger partial charge >= 0.3 is 5.97 Å². The molecule has 0 bridgehead atoms. The summed E-state index contributed by atoms with van der Waals surface area (Å²) in [7, 11) is 0. The van der Waals surface area contributed by atoms with Crippen LogP contribution in [0.5, 0.6) is 0 Å². The molecule has 5 heteroatoms.